The van der Waals surface area contributed by atoms with E-state index in [2.05, 4.69) is 30.7 Å². The van der Waals surface area contributed by atoms with Gasteiger partial charge < -0.3 is 0 Å². The van der Waals surface area contributed by atoms with Crippen LogP contribution in [0.1, 0.15) is 24.2 Å². The number of hydrogen-bond acceptors (Lipinski definition) is 3. The third kappa shape index (κ3) is 3.56. The molecule has 1 aromatic rings. The number of halogens is 1. The number of benzene rings is 1. The Hall–Kier alpha value is -0.900. The monoisotopic (exact) mass is 280 g/mol. The molecule has 2 unspecified atom stereocenters. The van der Waals surface area contributed by atoms with Crippen molar-refractivity contribution < 1.29 is 4.79 Å². The van der Waals surface area contributed by atoms with Crippen molar-refractivity contribution in [1.29, 1.82) is 0 Å². The van der Waals surface area contributed by atoms with Crippen LogP contribution >= 0.6 is 11.6 Å². The summed E-state index contributed by atoms with van der Waals surface area (Å²) >= 11 is 5.84. The molecule has 104 valence electrons. The zero-order chi connectivity index (χ0) is 14.0. The fourth-order valence-electron chi connectivity index (χ4n) is 2.57. The summed E-state index contributed by atoms with van der Waals surface area (Å²) in [5, 5.41) is 0.665. The summed E-state index contributed by atoms with van der Waals surface area (Å²) in [6, 6.07) is 8.11. The summed E-state index contributed by atoms with van der Waals surface area (Å²) in [6.45, 7) is 6.79. The zero-order valence-electron chi connectivity index (χ0n) is 11.8. The second-order valence-electron chi connectivity index (χ2n) is 5.49. The van der Waals surface area contributed by atoms with Crippen LogP contribution in [0.5, 0.6) is 0 Å². The number of likely N-dealkylation sites (N-methyl/N-ethyl adjacent to an activating group) is 1. The van der Waals surface area contributed by atoms with Crippen LogP contribution in [-0.4, -0.2) is 54.3 Å². The van der Waals surface area contributed by atoms with Gasteiger partial charge in [0, 0.05) is 35.8 Å². The molecular formula is C15H21ClN2O. The van der Waals surface area contributed by atoms with Crippen molar-refractivity contribution in [3.05, 3.63) is 34.9 Å². The van der Waals surface area contributed by atoms with Gasteiger partial charge in [-0.25, -0.2) is 0 Å². The van der Waals surface area contributed by atoms with Gasteiger partial charge in [-0.2, -0.15) is 0 Å². The van der Waals surface area contributed by atoms with E-state index >= 15 is 0 Å². The second kappa shape index (κ2) is 6.04. The zero-order valence-corrected chi connectivity index (χ0v) is 12.5. The molecule has 0 N–H and O–H groups in total. The van der Waals surface area contributed by atoms with Crippen molar-refractivity contribution in [2.24, 2.45) is 0 Å². The first-order chi connectivity index (χ1) is 8.97. The van der Waals surface area contributed by atoms with E-state index in [1.165, 1.54) is 0 Å². The van der Waals surface area contributed by atoms with Gasteiger partial charge in [0.15, 0.2) is 5.78 Å². The standard InChI is InChI=1S/C15H21ClN2O/c1-11-8-18(9-12(2)17(11)3)10-15(19)13-4-6-14(16)7-5-13/h4-7,11-12H,8-10H2,1-3H3. The van der Waals surface area contributed by atoms with Gasteiger partial charge in [0.05, 0.1) is 6.54 Å². The third-order valence-electron chi connectivity index (χ3n) is 3.97. The lowest BCUT2D eigenvalue weighted by molar-refractivity contribution is 0.0549. The van der Waals surface area contributed by atoms with E-state index in [9.17, 15) is 4.79 Å². The Labute approximate surface area is 120 Å². The molecular weight excluding hydrogens is 260 g/mol. The predicted molar refractivity (Wildman–Crippen MR) is 78.9 cm³/mol. The number of piperazine rings is 1. The van der Waals surface area contributed by atoms with Crippen LogP contribution in [0.4, 0.5) is 0 Å². The van der Waals surface area contributed by atoms with Crippen LogP contribution in [0.25, 0.3) is 0 Å². The van der Waals surface area contributed by atoms with Gasteiger partial charge in [0.2, 0.25) is 0 Å². The number of hydrogen-bond donors (Lipinski definition) is 0. The second-order valence-corrected chi connectivity index (χ2v) is 5.92. The third-order valence-corrected chi connectivity index (χ3v) is 4.22. The molecule has 0 aromatic heterocycles. The van der Waals surface area contributed by atoms with Gasteiger partial charge in [-0.15, -0.1) is 0 Å². The summed E-state index contributed by atoms with van der Waals surface area (Å²) in [5.41, 5.74) is 0.739. The van der Waals surface area contributed by atoms with Gasteiger partial charge in [0.25, 0.3) is 0 Å². The first kappa shape index (κ1) is 14.5. The van der Waals surface area contributed by atoms with Gasteiger partial charge in [0.1, 0.15) is 0 Å². The molecule has 1 aromatic carbocycles. The lowest BCUT2D eigenvalue weighted by Crippen LogP contribution is -2.55. The molecule has 0 spiro atoms. The van der Waals surface area contributed by atoms with Crippen LogP contribution in [-0.2, 0) is 0 Å². The largest absolute Gasteiger partial charge is 0.298 e. The molecule has 4 heteroatoms. The minimum absolute atomic E-state index is 0.167. The Morgan fingerprint density at radius 3 is 2.26 bits per heavy atom. The maximum absolute atomic E-state index is 12.2. The Balaban J connectivity index is 1.97. The Morgan fingerprint density at radius 2 is 1.74 bits per heavy atom. The fourth-order valence-corrected chi connectivity index (χ4v) is 2.70. The number of rotatable bonds is 3. The molecule has 1 heterocycles. The minimum atomic E-state index is 0.167. The predicted octanol–water partition coefficient (Wildman–Crippen LogP) is 2.55. The van der Waals surface area contributed by atoms with Crippen LogP contribution in [0.3, 0.4) is 0 Å². The summed E-state index contributed by atoms with van der Waals surface area (Å²) in [7, 11) is 2.15. The summed E-state index contributed by atoms with van der Waals surface area (Å²) in [5.74, 6) is 0.167. The average Bonchev–Trinajstić information content (AvgIpc) is 2.36. The molecule has 0 aliphatic carbocycles. The van der Waals surface area contributed by atoms with Crippen molar-refractivity contribution in [2.75, 3.05) is 26.7 Å². The van der Waals surface area contributed by atoms with Gasteiger partial charge >= 0.3 is 0 Å². The highest BCUT2D eigenvalue weighted by Crippen LogP contribution is 2.15. The van der Waals surface area contributed by atoms with Crippen LogP contribution < -0.4 is 0 Å². The molecule has 1 aliphatic rings. The van der Waals surface area contributed by atoms with E-state index in [1.54, 1.807) is 24.3 Å². The molecule has 1 aliphatic heterocycles. The fraction of sp³-hybridized carbons (Fsp3) is 0.533. The highest BCUT2D eigenvalue weighted by atomic mass is 35.5. The van der Waals surface area contributed by atoms with E-state index in [0.717, 1.165) is 18.7 Å². The summed E-state index contributed by atoms with van der Waals surface area (Å²) < 4.78 is 0. The van der Waals surface area contributed by atoms with Crippen molar-refractivity contribution in [1.82, 2.24) is 9.80 Å². The van der Waals surface area contributed by atoms with Crippen molar-refractivity contribution in [3.63, 3.8) is 0 Å². The quantitative estimate of drug-likeness (QED) is 0.795. The maximum atomic E-state index is 12.2. The van der Waals surface area contributed by atoms with Gasteiger partial charge in [-0.3, -0.25) is 14.6 Å². The number of carbonyl (C=O) groups excluding carboxylic acids is 1. The lowest BCUT2D eigenvalue weighted by Gasteiger charge is -2.42. The Morgan fingerprint density at radius 1 is 1.21 bits per heavy atom. The molecule has 2 atom stereocenters. The molecule has 1 saturated heterocycles. The van der Waals surface area contributed by atoms with E-state index < -0.39 is 0 Å². The molecule has 3 nitrogen and oxygen atoms in total. The summed E-state index contributed by atoms with van der Waals surface area (Å²) in [6.07, 6.45) is 0. The van der Waals surface area contributed by atoms with E-state index in [-0.39, 0.29) is 5.78 Å². The molecule has 2 rings (SSSR count). The first-order valence-electron chi connectivity index (χ1n) is 6.70. The molecule has 1 fully saturated rings. The van der Waals surface area contributed by atoms with Crippen LogP contribution in [0.15, 0.2) is 24.3 Å². The minimum Gasteiger partial charge on any atom is -0.298 e. The molecule has 0 radical (unpaired) electrons. The van der Waals surface area contributed by atoms with Gasteiger partial charge in [-0.05, 0) is 45.2 Å². The number of Topliss-reactive ketones (excluding diaryl/α,β-unsaturated/α-hetero) is 1. The maximum Gasteiger partial charge on any atom is 0.176 e. The van der Waals surface area contributed by atoms with E-state index in [0.29, 0.717) is 23.7 Å². The summed E-state index contributed by atoms with van der Waals surface area (Å²) in [4.78, 5) is 16.8. The molecule has 0 amide bonds. The SMILES string of the molecule is CC1CN(CC(=O)c2ccc(Cl)cc2)CC(C)N1C. The average molecular weight is 281 g/mol. The first-order valence-corrected chi connectivity index (χ1v) is 7.08. The van der Waals surface area contributed by atoms with Crippen molar-refractivity contribution in [3.8, 4) is 0 Å². The van der Waals surface area contributed by atoms with Crippen LogP contribution in [0.2, 0.25) is 5.02 Å². The van der Waals surface area contributed by atoms with Crippen LogP contribution in [0, 0.1) is 0 Å². The molecule has 0 saturated carbocycles. The molecule has 0 bridgehead atoms. The van der Waals surface area contributed by atoms with Crippen molar-refractivity contribution >= 4 is 17.4 Å². The number of carbonyl (C=O) groups is 1. The number of ketones is 1. The van der Waals surface area contributed by atoms with E-state index in [4.69, 9.17) is 11.6 Å². The highest BCUT2D eigenvalue weighted by Gasteiger charge is 2.27. The topological polar surface area (TPSA) is 23.6 Å². The van der Waals surface area contributed by atoms with Crippen molar-refractivity contribution in [2.45, 2.75) is 25.9 Å². The smallest absolute Gasteiger partial charge is 0.176 e. The lowest BCUT2D eigenvalue weighted by atomic mass is 10.1. The molecule has 19 heavy (non-hydrogen) atoms. The van der Waals surface area contributed by atoms with E-state index in [1.807, 2.05) is 0 Å². The highest BCUT2D eigenvalue weighted by molar-refractivity contribution is 6.30. The van der Waals surface area contributed by atoms with Gasteiger partial charge in [-0.1, -0.05) is 11.6 Å². The normalized spacial score (nSPS) is 25.5. The Kier molecular flexibility index (Phi) is 4.61. The number of nitrogens with zero attached hydrogens (tertiary/aromatic N) is 2. The Bertz CT molecular complexity index is 434.